The van der Waals surface area contributed by atoms with E-state index in [9.17, 15) is 9.59 Å². The highest BCUT2D eigenvalue weighted by Gasteiger charge is 2.12. The highest BCUT2D eigenvalue weighted by molar-refractivity contribution is 6.04. The van der Waals surface area contributed by atoms with Crippen molar-refractivity contribution in [3.8, 4) is 0 Å². The lowest BCUT2D eigenvalue weighted by molar-refractivity contribution is -0.115. The summed E-state index contributed by atoms with van der Waals surface area (Å²) in [5, 5.41) is 8.52. The highest BCUT2D eigenvalue weighted by atomic mass is 16.2. The fourth-order valence-corrected chi connectivity index (χ4v) is 2.07. The first kappa shape index (κ1) is 13.8. The number of anilines is 2. The molecule has 0 aliphatic carbocycles. The molecule has 0 unspecified atom stereocenters. The molecule has 2 aromatic rings. The molecule has 2 amide bonds. The number of benzene rings is 1. The monoisotopic (exact) mass is 294 g/mol. The Morgan fingerprint density at radius 1 is 1.18 bits per heavy atom. The molecular weight excluding hydrogens is 280 g/mol. The third kappa shape index (κ3) is 3.29. The number of amides is 2. The van der Waals surface area contributed by atoms with Gasteiger partial charge in [0, 0.05) is 29.2 Å². The number of nitrogens with one attached hydrogen (secondary N) is 3. The third-order valence-corrected chi connectivity index (χ3v) is 3.09. The van der Waals surface area contributed by atoms with Gasteiger partial charge in [0.15, 0.2) is 0 Å². The average Bonchev–Trinajstić information content (AvgIpc) is 2.93. The molecule has 0 saturated heterocycles. The van der Waals surface area contributed by atoms with Crippen molar-refractivity contribution in [3.63, 3.8) is 0 Å². The molecule has 1 aliphatic rings. The molecule has 22 heavy (non-hydrogen) atoms. The minimum atomic E-state index is -0.239. The summed E-state index contributed by atoms with van der Waals surface area (Å²) >= 11 is 0. The molecule has 6 heteroatoms. The van der Waals surface area contributed by atoms with Gasteiger partial charge in [-0.3, -0.25) is 9.59 Å². The molecule has 0 atom stereocenters. The van der Waals surface area contributed by atoms with Crippen molar-refractivity contribution in [2.24, 2.45) is 0 Å². The zero-order chi connectivity index (χ0) is 15.4. The SMILES string of the molecule is O=C1C=C(Nc2cccc(C(=O)Nc3ccccn3)c2)CN1. The molecule has 1 aromatic carbocycles. The lowest BCUT2D eigenvalue weighted by Crippen LogP contribution is -2.16. The Morgan fingerprint density at radius 3 is 2.82 bits per heavy atom. The van der Waals surface area contributed by atoms with E-state index < -0.39 is 0 Å². The van der Waals surface area contributed by atoms with Gasteiger partial charge in [0.05, 0.1) is 6.54 Å². The number of hydrogen-bond acceptors (Lipinski definition) is 4. The van der Waals surface area contributed by atoms with E-state index in [0.29, 0.717) is 17.9 Å². The Labute approximate surface area is 127 Å². The summed E-state index contributed by atoms with van der Waals surface area (Å²) in [6, 6.07) is 12.4. The van der Waals surface area contributed by atoms with Crippen molar-refractivity contribution in [3.05, 3.63) is 66.0 Å². The Balaban J connectivity index is 1.72. The van der Waals surface area contributed by atoms with Crippen LogP contribution in [0, 0.1) is 0 Å². The second-order valence-corrected chi connectivity index (χ2v) is 4.76. The van der Waals surface area contributed by atoms with E-state index in [1.807, 2.05) is 6.07 Å². The summed E-state index contributed by atoms with van der Waals surface area (Å²) in [6.07, 6.45) is 3.12. The molecule has 3 rings (SSSR count). The molecule has 110 valence electrons. The Morgan fingerprint density at radius 2 is 2.09 bits per heavy atom. The van der Waals surface area contributed by atoms with E-state index in [1.165, 1.54) is 6.08 Å². The molecule has 2 heterocycles. The maximum atomic E-state index is 12.2. The van der Waals surface area contributed by atoms with E-state index in [1.54, 1.807) is 42.6 Å². The molecule has 0 bridgehead atoms. The zero-order valence-corrected chi connectivity index (χ0v) is 11.7. The fourth-order valence-electron chi connectivity index (χ4n) is 2.07. The molecule has 1 aliphatic heterocycles. The van der Waals surface area contributed by atoms with Crippen LogP contribution in [-0.4, -0.2) is 23.3 Å². The largest absolute Gasteiger partial charge is 0.357 e. The molecule has 0 spiro atoms. The zero-order valence-electron chi connectivity index (χ0n) is 11.7. The summed E-state index contributed by atoms with van der Waals surface area (Å²) in [5.74, 6) is 0.141. The van der Waals surface area contributed by atoms with Crippen molar-refractivity contribution in [2.45, 2.75) is 0 Å². The number of rotatable bonds is 4. The molecule has 1 aromatic heterocycles. The maximum Gasteiger partial charge on any atom is 0.256 e. The van der Waals surface area contributed by atoms with Gasteiger partial charge in [-0.05, 0) is 30.3 Å². The normalized spacial score (nSPS) is 13.3. The first-order chi connectivity index (χ1) is 10.7. The van der Waals surface area contributed by atoms with Crippen molar-refractivity contribution >= 4 is 23.3 Å². The number of hydrogen-bond donors (Lipinski definition) is 3. The topological polar surface area (TPSA) is 83.1 Å². The standard InChI is InChI=1S/C16H14N4O2/c21-15-9-13(10-18-15)19-12-5-3-4-11(8-12)16(22)20-14-6-1-2-7-17-14/h1-9,19H,10H2,(H,18,21)(H,17,20,22). The van der Waals surface area contributed by atoms with Gasteiger partial charge < -0.3 is 16.0 Å². The minimum Gasteiger partial charge on any atom is -0.357 e. The van der Waals surface area contributed by atoms with Crippen molar-refractivity contribution in [1.82, 2.24) is 10.3 Å². The van der Waals surface area contributed by atoms with Crippen LogP contribution in [0.5, 0.6) is 0 Å². The number of carbonyl (C=O) groups is 2. The van der Waals surface area contributed by atoms with Gasteiger partial charge in [0.1, 0.15) is 5.82 Å². The van der Waals surface area contributed by atoms with Crippen molar-refractivity contribution < 1.29 is 9.59 Å². The average molecular weight is 294 g/mol. The first-order valence-electron chi connectivity index (χ1n) is 6.78. The molecule has 0 radical (unpaired) electrons. The molecule has 0 saturated carbocycles. The predicted octanol–water partition coefficient (Wildman–Crippen LogP) is 1.76. The third-order valence-electron chi connectivity index (χ3n) is 3.09. The lowest BCUT2D eigenvalue weighted by Gasteiger charge is -2.09. The van der Waals surface area contributed by atoms with Gasteiger partial charge >= 0.3 is 0 Å². The molecule has 3 N–H and O–H groups in total. The van der Waals surface area contributed by atoms with Crippen LogP contribution in [0.4, 0.5) is 11.5 Å². The fraction of sp³-hybridized carbons (Fsp3) is 0.0625. The molecule has 0 fully saturated rings. The maximum absolute atomic E-state index is 12.2. The number of nitrogens with zero attached hydrogens (tertiary/aromatic N) is 1. The van der Waals surface area contributed by atoms with Gasteiger partial charge in [-0.15, -0.1) is 0 Å². The van der Waals surface area contributed by atoms with Crippen LogP contribution in [0.25, 0.3) is 0 Å². The highest BCUT2D eigenvalue weighted by Crippen LogP contribution is 2.15. The quantitative estimate of drug-likeness (QED) is 0.802. The summed E-state index contributed by atoms with van der Waals surface area (Å²) < 4.78 is 0. The van der Waals surface area contributed by atoms with Gasteiger partial charge in [-0.2, -0.15) is 0 Å². The second-order valence-electron chi connectivity index (χ2n) is 4.76. The van der Waals surface area contributed by atoms with Crippen molar-refractivity contribution in [2.75, 3.05) is 17.2 Å². The Bertz CT molecular complexity index is 741. The summed E-state index contributed by atoms with van der Waals surface area (Å²) in [6.45, 7) is 0.462. The Hall–Kier alpha value is -3.15. The van der Waals surface area contributed by atoms with Crippen LogP contribution in [0.15, 0.2) is 60.4 Å². The molecule has 6 nitrogen and oxygen atoms in total. The van der Waals surface area contributed by atoms with Crippen LogP contribution in [0.3, 0.4) is 0 Å². The minimum absolute atomic E-state index is 0.119. The smallest absolute Gasteiger partial charge is 0.256 e. The van der Waals surface area contributed by atoms with Gasteiger partial charge in [-0.1, -0.05) is 12.1 Å². The van der Waals surface area contributed by atoms with Gasteiger partial charge in [0.2, 0.25) is 5.91 Å². The van der Waals surface area contributed by atoms with Crippen LogP contribution in [-0.2, 0) is 4.79 Å². The van der Waals surface area contributed by atoms with Gasteiger partial charge in [-0.25, -0.2) is 4.98 Å². The number of pyridine rings is 1. The van der Waals surface area contributed by atoms with Crippen LogP contribution >= 0.6 is 0 Å². The lowest BCUT2D eigenvalue weighted by atomic mass is 10.2. The second kappa shape index (κ2) is 6.09. The van der Waals surface area contributed by atoms with E-state index in [0.717, 1.165) is 11.4 Å². The van der Waals surface area contributed by atoms with E-state index in [2.05, 4.69) is 20.9 Å². The van der Waals surface area contributed by atoms with E-state index >= 15 is 0 Å². The Kier molecular flexibility index (Phi) is 3.82. The first-order valence-corrected chi connectivity index (χ1v) is 6.78. The van der Waals surface area contributed by atoms with E-state index in [4.69, 9.17) is 0 Å². The van der Waals surface area contributed by atoms with Crippen LogP contribution in [0.2, 0.25) is 0 Å². The molecular formula is C16H14N4O2. The van der Waals surface area contributed by atoms with Crippen LogP contribution in [0.1, 0.15) is 10.4 Å². The predicted molar refractivity (Wildman–Crippen MR) is 83.3 cm³/mol. The summed E-state index contributed by atoms with van der Waals surface area (Å²) in [4.78, 5) is 27.4. The number of carbonyl (C=O) groups excluding carboxylic acids is 2. The van der Waals surface area contributed by atoms with Gasteiger partial charge in [0.25, 0.3) is 5.91 Å². The van der Waals surface area contributed by atoms with Crippen LogP contribution < -0.4 is 16.0 Å². The van der Waals surface area contributed by atoms with E-state index in [-0.39, 0.29) is 11.8 Å². The van der Waals surface area contributed by atoms with Crippen molar-refractivity contribution in [1.29, 1.82) is 0 Å². The number of aromatic nitrogens is 1. The summed E-state index contributed by atoms with van der Waals surface area (Å²) in [5.41, 5.74) is 2.03. The summed E-state index contributed by atoms with van der Waals surface area (Å²) in [7, 11) is 0.